The molecule has 2 rings (SSSR count). The first-order valence-electron chi connectivity index (χ1n) is 4.28. The van der Waals surface area contributed by atoms with Crippen LogP contribution in [-0.4, -0.2) is 0 Å². The third-order valence-corrected chi connectivity index (χ3v) is 2.56. The molecule has 2 unspecified atom stereocenters. The summed E-state index contributed by atoms with van der Waals surface area (Å²) in [5.74, 6) is 1.62. The van der Waals surface area contributed by atoms with Crippen LogP contribution in [-0.2, 0) is 0 Å². The minimum atomic E-state index is 0.743. The molecule has 0 N–H and O–H groups in total. The normalized spacial score (nSPS) is 26.3. The van der Waals surface area contributed by atoms with Crippen LogP contribution in [0.3, 0.4) is 0 Å². The van der Waals surface area contributed by atoms with Gasteiger partial charge in [0.2, 0.25) is 0 Å². The summed E-state index contributed by atoms with van der Waals surface area (Å²) in [6.45, 7) is 9.07. The van der Waals surface area contributed by atoms with Crippen molar-refractivity contribution in [2.75, 3.05) is 0 Å². The maximum atomic E-state index is 6.80. The van der Waals surface area contributed by atoms with Crippen LogP contribution >= 0.6 is 0 Å². The maximum absolute atomic E-state index is 6.80. The number of benzene rings is 1. The summed E-state index contributed by atoms with van der Waals surface area (Å²) in [6, 6.07) is 7.99. The highest BCUT2D eigenvalue weighted by Gasteiger charge is 2.33. The van der Waals surface area contributed by atoms with Crippen LogP contribution < -0.4 is 0 Å². The molecule has 0 spiro atoms. The Hall–Kier alpha value is -1.29. The highest BCUT2D eigenvalue weighted by Crippen LogP contribution is 2.46. The van der Waals surface area contributed by atoms with Gasteiger partial charge in [-0.1, -0.05) is 31.2 Å². The number of nitrogens with zero attached hydrogens (tertiary/aromatic N) is 1. The molecule has 0 heterocycles. The molecule has 0 bridgehead atoms. The number of hydrogen-bond acceptors (Lipinski definition) is 0. The minimum absolute atomic E-state index is 0.743. The van der Waals surface area contributed by atoms with Gasteiger partial charge in [0, 0.05) is 0 Å². The zero-order valence-corrected chi connectivity index (χ0v) is 7.12. The molecule has 1 nitrogen and oxygen atoms in total. The van der Waals surface area contributed by atoms with Gasteiger partial charge in [0.05, 0.1) is 6.57 Å². The van der Waals surface area contributed by atoms with Crippen molar-refractivity contribution in [2.24, 2.45) is 5.92 Å². The fraction of sp³-hybridized carbons (Fsp3) is 0.364. The second-order valence-electron chi connectivity index (χ2n) is 3.52. The van der Waals surface area contributed by atoms with Gasteiger partial charge < -0.3 is 0 Å². The van der Waals surface area contributed by atoms with E-state index in [2.05, 4.69) is 23.9 Å². The molecule has 1 fully saturated rings. The van der Waals surface area contributed by atoms with Crippen molar-refractivity contribution in [1.29, 1.82) is 0 Å². The minimum Gasteiger partial charge on any atom is -0.238 e. The molecular weight excluding hydrogens is 146 g/mol. The van der Waals surface area contributed by atoms with Crippen molar-refractivity contribution in [2.45, 2.75) is 19.3 Å². The van der Waals surface area contributed by atoms with E-state index in [9.17, 15) is 0 Å². The van der Waals surface area contributed by atoms with Gasteiger partial charge in [0.1, 0.15) is 0 Å². The fourth-order valence-electron chi connectivity index (χ4n) is 1.58. The van der Waals surface area contributed by atoms with Crippen molar-refractivity contribution in [3.05, 3.63) is 41.2 Å². The third kappa shape index (κ3) is 1.21. The van der Waals surface area contributed by atoms with Crippen molar-refractivity contribution in [1.82, 2.24) is 0 Å². The highest BCUT2D eigenvalue weighted by molar-refractivity contribution is 5.46. The van der Waals surface area contributed by atoms with Gasteiger partial charge in [0.25, 0.3) is 0 Å². The lowest BCUT2D eigenvalue weighted by molar-refractivity contribution is 0.915. The predicted octanol–water partition coefficient (Wildman–Crippen LogP) is 3.36. The Bertz CT molecular complexity index is 318. The van der Waals surface area contributed by atoms with E-state index in [1.165, 1.54) is 12.0 Å². The summed E-state index contributed by atoms with van der Waals surface area (Å²) in [5.41, 5.74) is 2.14. The zero-order valence-electron chi connectivity index (χ0n) is 7.12. The Morgan fingerprint density at radius 3 is 2.33 bits per heavy atom. The van der Waals surface area contributed by atoms with Crippen LogP contribution in [0.25, 0.3) is 4.85 Å². The molecule has 1 aliphatic carbocycles. The van der Waals surface area contributed by atoms with Gasteiger partial charge in [0.15, 0.2) is 5.69 Å². The molecule has 1 aromatic rings. The van der Waals surface area contributed by atoms with E-state index in [4.69, 9.17) is 6.57 Å². The number of hydrogen-bond donors (Lipinski definition) is 0. The quantitative estimate of drug-likeness (QED) is 0.550. The Kier molecular flexibility index (Phi) is 1.62. The first kappa shape index (κ1) is 7.36. The SMILES string of the molecule is [C-]#[N+]c1ccc(C2CC2C)cc1. The largest absolute Gasteiger partial charge is 0.238 e. The maximum Gasteiger partial charge on any atom is 0.187 e. The first-order chi connectivity index (χ1) is 5.81. The van der Waals surface area contributed by atoms with Gasteiger partial charge in [-0.2, -0.15) is 0 Å². The van der Waals surface area contributed by atoms with Gasteiger partial charge in [-0.15, -0.1) is 0 Å². The Morgan fingerprint density at radius 1 is 1.33 bits per heavy atom. The van der Waals surface area contributed by atoms with E-state index in [1.54, 1.807) is 0 Å². The van der Waals surface area contributed by atoms with Gasteiger partial charge in [-0.05, 0) is 23.8 Å². The molecule has 0 saturated heterocycles. The monoisotopic (exact) mass is 157 g/mol. The molecule has 0 amide bonds. The summed E-state index contributed by atoms with van der Waals surface area (Å²) in [5, 5.41) is 0. The van der Waals surface area contributed by atoms with Crippen molar-refractivity contribution >= 4 is 5.69 Å². The first-order valence-corrected chi connectivity index (χ1v) is 4.28. The summed E-state index contributed by atoms with van der Waals surface area (Å²) in [7, 11) is 0. The molecule has 60 valence electrons. The van der Waals surface area contributed by atoms with Crippen LogP contribution in [0.15, 0.2) is 24.3 Å². The standard InChI is InChI=1S/C11H11N/c1-8-7-11(8)9-3-5-10(12-2)6-4-9/h3-6,8,11H,7H2,1H3. The Balaban J connectivity index is 2.21. The van der Waals surface area contributed by atoms with Crippen LogP contribution in [0.4, 0.5) is 5.69 Å². The zero-order chi connectivity index (χ0) is 8.55. The Morgan fingerprint density at radius 2 is 1.92 bits per heavy atom. The second kappa shape index (κ2) is 2.64. The summed E-state index contributed by atoms with van der Waals surface area (Å²) in [4.78, 5) is 3.36. The molecule has 12 heavy (non-hydrogen) atoms. The van der Waals surface area contributed by atoms with Crippen LogP contribution in [0, 0.1) is 12.5 Å². The molecule has 1 saturated carbocycles. The van der Waals surface area contributed by atoms with Crippen molar-refractivity contribution in [3.8, 4) is 0 Å². The molecule has 0 aliphatic heterocycles. The van der Waals surface area contributed by atoms with Gasteiger partial charge in [-0.25, -0.2) is 4.85 Å². The van der Waals surface area contributed by atoms with Crippen LogP contribution in [0.1, 0.15) is 24.8 Å². The van der Waals surface area contributed by atoms with E-state index < -0.39 is 0 Å². The lowest BCUT2D eigenvalue weighted by Gasteiger charge is -1.97. The molecule has 0 radical (unpaired) electrons. The predicted molar refractivity (Wildman–Crippen MR) is 49.2 cm³/mol. The fourth-order valence-corrected chi connectivity index (χ4v) is 1.58. The summed E-state index contributed by atoms with van der Waals surface area (Å²) in [6.07, 6.45) is 1.32. The van der Waals surface area contributed by atoms with Crippen LogP contribution in [0.2, 0.25) is 0 Å². The highest BCUT2D eigenvalue weighted by atomic mass is 14.6. The van der Waals surface area contributed by atoms with E-state index >= 15 is 0 Å². The molecular formula is C11H11N. The molecule has 0 aromatic heterocycles. The smallest absolute Gasteiger partial charge is 0.187 e. The Labute approximate surface area is 72.9 Å². The topological polar surface area (TPSA) is 4.36 Å². The summed E-state index contributed by atoms with van der Waals surface area (Å²) < 4.78 is 0. The molecule has 1 aromatic carbocycles. The molecule has 1 aliphatic rings. The molecule has 2 atom stereocenters. The van der Waals surface area contributed by atoms with Crippen molar-refractivity contribution < 1.29 is 0 Å². The van der Waals surface area contributed by atoms with Gasteiger partial charge >= 0.3 is 0 Å². The van der Waals surface area contributed by atoms with Crippen LogP contribution in [0.5, 0.6) is 0 Å². The van der Waals surface area contributed by atoms with Gasteiger partial charge in [-0.3, -0.25) is 0 Å². The lowest BCUT2D eigenvalue weighted by atomic mass is 10.1. The van der Waals surface area contributed by atoms with E-state index in [-0.39, 0.29) is 0 Å². The number of rotatable bonds is 1. The second-order valence-corrected chi connectivity index (χ2v) is 3.52. The summed E-state index contributed by atoms with van der Waals surface area (Å²) >= 11 is 0. The van der Waals surface area contributed by atoms with E-state index in [1.807, 2.05) is 12.1 Å². The average Bonchev–Trinajstić information content (AvgIpc) is 2.83. The molecule has 1 heteroatoms. The van der Waals surface area contributed by atoms with E-state index in [0.29, 0.717) is 0 Å². The average molecular weight is 157 g/mol. The van der Waals surface area contributed by atoms with E-state index in [0.717, 1.165) is 17.5 Å². The van der Waals surface area contributed by atoms with Crippen molar-refractivity contribution in [3.63, 3.8) is 0 Å². The third-order valence-electron chi connectivity index (χ3n) is 2.56. The lowest BCUT2D eigenvalue weighted by Crippen LogP contribution is -1.78.